The largest absolute Gasteiger partial charge is 0.468 e. The third-order valence-corrected chi connectivity index (χ3v) is 4.06. The molecule has 0 saturated heterocycles. The average Bonchev–Trinajstić information content (AvgIpc) is 2.85. The van der Waals surface area contributed by atoms with Crippen LogP contribution in [0.15, 0.2) is 36.4 Å². The summed E-state index contributed by atoms with van der Waals surface area (Å²) < 4.78 is 9.68. The van der Waals surface area contributed by atoms with Gasteiger partial charge in [-0.25, -0.2) is 0 Å². The van der Waals surface area contributed by atoms with E-state index in [9.17, 15) is 9.59 Å². The fourth-order valence-electron chi connectivity index (χ4n) is 2.86. The van der Waals surface area contributed by atoms with Gasteiger partial charge in [-0.05, 0) is 17.6 Å². The number of ether oxygens (including phenoxy) is 2. The van der Waals surface area contributed by atoms with E-state index in [4.69, 9.17) is 9.47 Å². The van der Waals surface area contributed by atoms with E-state index in [-0.39, 0.29) is 5.92 Å². The van der Waals surface area contributed by atoms with Crippen molar-refractivity contribution in [2.24, 2.45) is 11.3 Å². The molecule has 4 nitrogen and oxygen atoms in total. The molecule has 0 amide bonds. The number of carbonyl (C=O) groups excluding carboxylic acids is 2. The van der Waals surface area contributed by atoms with E-state index in [0.29, 0.717) is 6.42 Å². The summed E-state index contributed by atoms with van der Waals surface area (Å²) in [6, 6.07) is 9.72. The Kier molecular flexibility index (Phi) is 3.93. The van der Waals surface area contributed by atoms with Gasteiger partial charge in [0.2, 0.25) is 0 Å². The van der Waals surface area contributed by atoms with E-state index >= 15 is 0 Å². The molecule has 106 valence electrons. The Morgan fingerprint density at radius 1 is 1.10 bits per heavy atom. The molecule has 0 saturated carbocycles. The molecule has 1 aromatic rings. The molecule has 0 bridgehead atoms. The SMILES string of the molecule is COC(=O)C1(C(=O)OC)CC=C(c2ccccc2)C1C. The number of allylic oxidation sites excluding steroid dienone is 2. The number of benzene rings is 1. The van der Waals surface area contributed by atoms with Gasteiger partial charge in [-0.15, -0.1) is 0 Å². The molecule has 0 aliphatic heterocycles. The van der Waals surface area contributed by atoms with Crippen molar-refractivity contribution in [2.75, 3.05) is 14.2 Å². The smallest absolute Gasteiger partial charge is 0.324 e. The Morgan fingerprint density at radius 2 is 1.65 bits per heavy atom. The van der Waals surface area contributed by atoms with Crippen LogP contribution in [0.3, 0.4) is 0 Å². The molecule has 1 aliphatic carbocycles. The summed E-state index contributed by atoms with van der Waals surface area (Å²) >= 11 is 0. The standard InChI is InChI=1S/C16H18O4/c1-11-13(12-7-5-4-6-8-12)9-10-16(11,14(17)19-2)15(18)20-3/h4-9,11H,10H2,1-3H3. The Balaban J connectivity index is 2.41. The normalized spacial score (nSPS) is 20.1. The van der Waals surface area contributed by atoms with Crippen LogP contribution >= 0.6 is 0 Å². The zero-order valence-electron chi connectivity index (χ0n) is 11.9. The Morgan fingerprint density at radius 3 is 2.15 bits per heavy atom. The molecular weight excluding hydrogens is 256 g/mol. The molecule has 2 rings (SSSR count). The van der Waals surface area contributed by atoms with Gasteiger partial charge in [-0.1, -0.05) is 43.3 Å². The van der Waals surface area contributed by atoms with Crippen LogP contribution in [0.5, 0.6) is 0 Å². The molecule has 1 unspecified atom stereocenters. The van der Waals surface area contributed by atoms with Crippen molar-refractivity contribution >= 4 is 17.5 Å². The molecule has 4 heteroatoms. The summed E-state index contributed by atoms with van der Waals surface area (Å²) in [4.78, 5) is 24.3. The van der Waals surface area contributed by atoms with Crippen LogP contribution < -0.4 is 0 Å². The van der Waals surface area contributed by atoms with Crippen LogP contribution in [0.25, 0.3) is 5.57 Å². The zero-order valence-corrected chi connectivity index (χ0v) is 11.9. The van der Waals surface area contributed by atoms with E-state index in [1.165, 1.54) is 14.2 Å². The zero-order chi connectivity index (χ0) is 14.8. The van der Waals surface area contributed by atoms with E-state index in [2.05, 4.69) is 0 Å². The summed E-state index contributed by atoms with van der Waals surface area (Å²) in [5, 5.41) is 0. The lowest BCUT2D eigenvalue weighted by Crippen LogP contribution is -2.44. The summed E-state index contributed by atoms with van der Waals surface area (Å²) in [6.45, 7) is 1.86. The van der Waals surface area contributed by atoms with Gasteiger partial charge in [-0.3, -0.25) is 9.59 Å². The first-order valence-electron chi connectivity index (χ1n) is 6.50. The van der Waals surface area contributed by atoms with Crippen LogP contribution in [-0.2, 0) is 19.1 Å². The van der Waals surface area contributed by atoms with Gasteiger partial charge in [0.1, 0.15) is 0 Å². The molecule has 1 aromatic carbocycles. The maximum atomic E-state index is 12.2. The van der Waals surface area contributed by atoms with E-state index < -0.39 is 17.4 Å². The van der Waals surface area contributed by atoms with Gasteiger partial charge in [-0.2, -0.15) is 0 Å². The molecule has 0 radical (unpaired) electrons. The van der Waals surface area contributed by atoms with E-state index in [1.807, 2.05) is 43.3 Å². The molecule has 0 aromatic heterocycles. The summed E-state index contributed by atoms with van der Waals surface area (Å²) in [5.74, 6) is -1.37. The number of hydrogen-bond donors (Lipinski definition) is 0. The second kappa shape index (κ2) is 5.49. The minimum atomic E-state index is -1.27. The summed E-state index contributed by atoms with van der Waals surface area (Å²) in [6.07, 6.45) is 2.23. The van der Waals surface area contributed by atoms with Crippen molar-refractivity contribution in [3.63, 3.8) is 0 Å². The first-order chi connectivity index (χ1) is 9.57. The van der Waals surface area contributed by atoms with Gasteiger partial charge in [0.15, 0.2) is 5.41 Å². The molecule has 1 atom stereocenters. The first kappa shape index (κ1) is 14.3. The van der Waals surface area contributed by atoms with Crippen LogP contribution in [0.1, 0.15) is 18.9 Å². The lowest BCUT2D eigenvalue weighted by molar-refractivity contribution is -0.170. The molecule has 1 aliphatic rings. The Labute approximate surface area is 118 Å². The van der Waals surface area contributed by atoms with Crippen molar-refractivity contribution in [2.45, 2.75) is 13.3 Å². The van der Waals surface area contributed by atoms with Crippen LogP contribution in [0.2, 0.25) is 0 Å². The average molecular weight is 274 g/mol. The van der Waals surface area contributed by atoms with Gasteiger partial charge in [0, 0.05) is 5.92 Å². The van der Waals surface area contributed by atoms with E-state index in [1.54, 1.807) is 0 Å². The van der Waals surface area contributed by atoms with Crippen LogP contribution in [-0.4, -0.2) is 26.2 Å². The van der Waals surface area contributed by atoms with Crippen LogP contribution in [0.4, 0.5) is 0 Å². The van der Waals surface area contributed by atoms with Gasteiger partial charge in [0.05, 0.1) is 14.2 Å². The maximum Gasteiger partial charge on any atom is 0.324 e. The minimum absolute atomic E-state index is 0.287. The quantitative estimate of drug-likeness (QED) is 0.627. The highest BCUT2D eigenvalue weighted by Gasteiger charge is 2.56. The predicted molar refractivity (Wildman–Crippen MR) is 74.7 cm³/mol. The number of esters is 2. The van der Waals surface area contributed by atoms with Crippen molar-refractivity contribution in [1.82, 2.24) is 0 Å². The second-order valence-electron chi connectivity index (χ2n) is 4.91. The molecular formula is C16H18O4. The minimum Gasteiger partial charge on any atom is -0.468 e. The highest BCUT2D eigenvalue weighted by molar-refractivity contribution is 6.04. The summed E-state index contributed by atoms with van der Waals surface area (Å²) in [5.41, 5.74) is 0.713. The lowest BCUT2D eigenvalue weighted by Gasteiger charge is -2.29. The first-order valence-corrected chi connectivity index (χ1v) is 6.50. The molecule has 0 N–H and O–H groups in total. The number of methoxy groups -OCH3 is 2. The molecule has 0 spiro atoms. The number of hydrogen-bond acceptors (Lipinski definition) is 4. The third-order valence-electron chi connectivity index (χ3n) is 4.06. The Bertz CT molecular complexity index is 529. The van der Waals surface area contributed by atoms with Crippen molar-refractivity contribution in [3.05, 3.63) is 42.0 Å². The fraction of sp³-hybridized carbons (Fsp3) is 0.375. The van der Waals surface area contributed by atoms with Gasteiger partial charge in [0.25, 0.3) is 0 Å². The lowest BCUT2D eigenvalue weighted by atomic mass is 9.75. The Hall–Kier alpha value is -2.10. The summed E-state index contributed by atoms with van der Waals surface area (Å²) in [7, 11) is 2.58. The topological polar surface area (TPSA) is 52.6 Å². The van der Waals surface area contributed by atoms with Crippen molar-refractivity contribution in [3.8, 4) is 0 Å². The van der Waals surface area contributed by atoms with Gasteiger partial charge >= 0.3 is 11.9 Å². The molecule has 0 heterocycles. The highest BCUT2D eigenvalue weighted by Crippen LogP contribution is 2.48. The molecule has 20 heavy (non-hydrogen) atoms. The number of rotatable bonds is 3. The van der Waals surface area contributed by atoms with Crippen LogP contribution in [0, 0.1) is 11.3 Å². The van der Waals surface area contributed by atoms with E-state index in [0.717, 1.165) is 11.1 Å². The fourth-order valence-corrected chi connectivity index (χ4v) is 2.86. The second-order valence-corrected chi connectivity index (χ2v) is 4.91. The van der Waals surface area contributed by atoms with Crippen molar-refractivity contribution < 1.29 is 19.1 Å². The predicted octanol–water partition coefficient (Wildman–Crippen LogP) is 2.44. The maximum absolute atomic E-state index is 12.2. The molecule has 0 fully saturated rings. The third kappa shape index (κ3) is 2.01. The number of carbonyl (C=O) groups is 2. The highest BCUT2D eigenvalue weighted by atomic mass is 16.5. The van der Waals surface area contributed by atoms with Crippen molar-refractivity contribution in [1.29, 1.82) is 0 Å². The van der Waals surface area contributed by atoms with Gasteiger partial charge < -0.3 is 9.47 Å². The monoisotopic (exact) mass is 274 g/mol.